The molecule has 0 bridgehead atoms. The summed E-state index contributed by atoms with van der Waals surface area (Å²) in [4.78, 5) is 15.1. The number of rotatable bonds is 5. The van der Waals surface area contributed by atoms with Crippen LogP contribution in [0.5, 0.6) is 5.75 Å². The molecule has 0 aliphatic carbocycles. The van der Waals surface area contributed by atoms with Gasteiger partial charge in [-0.1, -0.05) is 12.1 Å². The number of carboxylic acids is 1. The van der Waals surface area contributed by atoms with Gasteiger partial charge in [-0.2, -0.15) is 13.9 Å². The fraction of sp³-hybridized carbons (Fsp3) is 0.188. The Kier molecular flexibility index (Phi) is 4.11. The molecule has 1 N–H and O–H groups in total. The van der Waals surface area contributed by atoms with Gasteiger partial charge < -0.3 is 9.84 Å². The first-order chi connectivity index (χ1) is 11.5. The molecule has 0 spiro atoms. The summed E-state index contributed by atoms with van der Waals surface area (Å²) in [6.07, 6.45) is 1.56. The molecule has 2 aromatic heterocycles. The van der Waals surface area contributed by atoms with Crippen molar-refractivity contribution in [2.24, 2.45) is 0 Å². The SMILES string of the molecule is Cc1nn(CC(=O)O)c2nccc(-c3ccc(OC(F)F)cc3)c12. The third-order valence-electron chi connectivity index (χ3n) is 3.48. The maximum absolute atomic E-state index is 12.2. The molecule has 0 aliphatic rings. The number of nitrogens with zero attached hydrogens (tertiary/aromatic N) is 3. The number of carboxylic acid groups (broad SMARTS) is 1. The van der Waals surface area contributed by atoms with E-state index in [0.717, 1.165) is 16.5 Å². The average Bonchev–Trinajstić information content (AvgIpc) is 2.83. The lowest BCUT2D eigenvalue weighted by molar-refractivity contribution is -0.137. The van der Waals surface area contributed by atoms with Crippen LogP contribution in [0.25, 0.3) is 22.2 Å². The molecule has 124 valence electrons. The molecular formula is C16H13F2N3O3. The number of fused-ring (bicyclic) bond motifs is 1. The Hall–Kier alpha value is -3.03. The van der Waals surface area contributed by atoms with E-state index < -0.39 is 12.6 Å². The van der Waals surface area contributed by atoms with Gasteiger partial charge in [-0.3, -0.25) is 4.79 Å². The molecule has 0 saturated carbocycles. The van der Waals surface area contributed by atoms with Gasteiger partial charge in [0.25, 0.3) is 0 Å². The molecule has 3 aromatic rings. The Labute approximate surface area is 135 Å². The Morgan fingerprint density at radius 3 is 2.62 bits per heavy atom. The third-order valence-corrected chi connectivity index (χ3v) is 3.48. The van der Waals surface area contributed by atoms with Gasteiger partial charge in [-0.05, 0) is 36.2 Å². The lowest BCUT2D eigenvalue weighted by Crippen LogP contribution is -2.10. The van der Waals surface area contributed by atoms with Gasteiger partial charge in [0.15, 0.2) is 5.65 Å². The number of hydrogen-bond acceptors (Lipinski definition) is 4. The predicted octanol–water partition coefficient (Wildman–Crippen LogP) is 3.09. The van der Waals surface area contributed by atoms with Crippen LogP contribution in [0.2, 0.25) is 0 Å². The Bertz CT molecular complexity index is 891. The fourth-order valence-corrected chi connectivity index (χ4v) is 2.58. The molecule has 3 rings (SSSR count). The summed E-state index contributed by atoms with van der Waals surface area (Å²) in [5, 5.41) is 13.9. The van der Waals surface area contributed by atoms with Crippen molar-refractivity contribution in [2.45, 2.75) is 20.1 Å². The van der Waals surface area contributed by atoms with Crippen LogP contribution in [0.3, 0.4) is 0 Å². The molecule has 0 fully saturated rings. The normalized spacial score (nSPS) is 11.2. The second-order valence-electron chi connectivity index (χ2n) is 5.10. The summed E-state index contributed by atoms with van der Waals surface area (Å²) < 4.78 is 30.1. The van der Waals surface area contributed by atoms with E-state index >= 15 is 0 Å². The molecule has 8 heteroatoms. The minimum absolute atomic E-state index is 0.0670. The highest BCUT2D eigenvalue weighted by Gasteiger charge is 2.15. The number of carbonyl (C=O) groups is 1. The maximum Gasteiger partial charge on any atom is 0.387 e. The molecule has 1 aromatic carbocycles. The second-order valence-corrected chi connectivity index (χ2v) is 5.10. The van der Waals surface area contributed by atoms with Crippen molar-refractivity contribution in [1.29, 1.82) is 0 Å². The number of hydrogen-bond donors (Lipinski definition) is 1. The van der Waals surface area contributed by atoms with Gasteiger partial charge in [0.05, 0.1) is 5.69 Å². The fourth-order valence-electron chi connectivity index (χ4n) is 2.58. The Morgan fingerprint density at radius 2 is 2.00 bits per heavy atom. The summed E-state index contributed by atoms with van der Waals surface area (Å²) in [5.74, 6) is -0.947. The summed E-state index contributed by atoms with van der Waals surface area (Å²) in [6.45, 7) is -1.40. The van der Waals surface area contributed by atoms with Gasteiger partial charge in [0, 0.05) is 11.6 Å². The van der Waals surface area contributed by atoms with Crippen molar-refractivity contribution < 1.29 is 23.4 Å². The molecular weight excluding hydrogens is 320 g/mol. The average molecular weight is 333 g/mol. The van der Waals surface area contributed by atoms with E-state index in [-0.39, 0.29) is 12.3 Å². The summed E-state index contributed by atoms with van der Waals surface area (Å²) in [6, 6.07) is 7.97. The number of benzene rings is 1. The van der Waals surface area contributed by atoms with E-state index in [9.17, 15) is 13.6 Å². The smallest absolute Gasteiger partial charge is 0.387 e. The standard InChI is InChI=1S/C16H13F2N3O3/c1-9-14-12(10-2-4-11(5-3-10)24-16(17)18)6-7-19-15(14)21(20-9)8-13(22)23/h2-7,16H,8H2,1H3,(H,22,23). The zero-order valence-electron chi connectivity index (χ0n) is 12.6. The van der Waals surface area contributed by atoms with Crippen LogP contribution in [0.15, 0.2) is 36.5 Å². The largest absolute Gasteiger partial charge is 0.480 e. The van der Waals surface area contributed by atoms with Crippen LogP contribution >= 0.6 is 0 Å². The minimum Gasteiger partial charge on any atom is -0.480 e. The van der Waals surface area contributed by atoms with Crippen LogP contribution in [0.4, 0.5) is 8.78 Å². The predicted molar refractivity (Wildman–Crippen MR) is 82.0 cm³/mol. The van der Waals surface area contributed by atoms with Gasteiger partial charge in [0.1, 0.15) is 12.3 Å². The topological polar surface area (TPSA) is 77.2 Å². The van der Waals surface area contributed by atoms with Gasteiger partial charge in [0.2, 0.25) is 0 Å². The highest BCUT2D eigenvalue weighted by atomic mass is 19.3. The molecule has 6 nitrogen and oxygen atoms in total. The van der Waals surface area contributed by atoms with Crippen LogP contribution in [-0.4, -0.2) is 32.5 Å². The molecule has 0 atom stereocenters. The van der Waals surface area contributed by atoms with Gasteiger partial charge >= 0.3 is 12.6 Å². The zero-order chi connectivity index (χ0) is 17.3. The zero-order valence-corrected chi connectivity index (χ0v) is 12.6. The highest BCUT2D eigenvalue weighted by Crippen LogP contribution is 2.31. The van der Waals surface area contributed by atoms with E-state index in [2.05, 4.69) is 14.8 Å². The molecule has 0 amide bonds. The van der Waals surface area contributed by atoms with E-state index in [0.29, 0.717) is 11.3 Å². The van der Waals surface area contributed by atoms with Crippen molar-refractivity contribution in [1.82, 2.24) is 14.8 Å². The summed E-state index contributed by atoms with van der Waals surface area (Å²) in [7, 11) is 0. The molecule has 24 heavy (non-hydrogen) atoms. The van der Waals surface area contributed by atoms with E-state index in [1.165, 1.54) is 16.8 Å². The van der Waals surface area contributed by atoms with Crippen LogP contribution < -0.4 is 4.74 Å². The monoisotopic (exact) mass is 333 g/mol. The number of alkyl halides is 2. The number of aliphatic carboxylic acids is 1. The van der Waals surface area contributed by atoms with Crippen LogP contribution in [-0.2, 0) is 11.3 Å². The number of halogens is 2. The first kappa shape index (κ1) is 15.9. The maximum atomic E-state index is 12.2. The van der Waals surface area contributed by atoms with Gasteiger partial charge in [-0.15, -0.1) is 0 Å². The Morgan fingerprint density at radius 1 is 1.29 bits per heavy atom. The number of aromatic nitrogens is 3. The van der Waals surface area contributed by atoms with Crippen molar-refractivity contribution in [3.63, 3.8) is 0 Å². The van der Waals surface area contributed by atoms with Crippen LogP contribution in [0.1, 0.15) is 5.69 Å². The first-order valence-corrected chi connectivity index (χ1v) is 7.05. The number of pyridine rings is 1. The van der Waals surface area contributed by atoms with E-state index in [4.69, 9.17) is 5.11 Å². The third kappa shape index (κ3) is 3.03. The first-order valence-electron chi connectivity index (χ1n) is 7.05. The molecule has 0 aliphatic heterocycles. The molecule has 2 heterocycles. The van der Waals surface area contributed by atoms with E-state index in [1.807, 2.05) is 0 Å². The molecule has 0 unspecified atom stereocenters. The van der Waals surface area contributed by atoms with Crippen molar-refractivity contribution in [2.75, 3.05) is 0 Å². The molecule has 0 radical (unpaired) electrons. The number of aryl methyl sites for hydroxylation is 1. The Balaban J connectivity index is 2.06. The second kappa shape index (κ2) is 6.23. The minimum atomic E-state index is -2.88. The molecule has 0 saturated heterocycles. The van der Waals surface area contributed by atoms with Crippen LogP contribution in [0, 0.1) is 6.92 Å². The van der Waals surface area contributed by atoms with Crippen molar-refractivity contribution in [3.05, 3.63) is 42.2 Å². The van der Waals surface area contributed by atoms with E-state index in [1.54, 1.807) is 31.3 Å². The lowest BCUT2D eigenvalue weighted by atomic mass is 10.0. The van der Waals surface area contributed by atoms with Crippen molar-refractivity contribution in [3.8, 4) is 16.9 Å². The quantitative estimate of drug-likeness (QED) is 0.776. The summed E-state index contributed by atoms with van der Waals surface area (Å²) >= 11 is 0. The lowest BCUT2D eigenvalue weighted by Gasteiger charge is -2.07. The highest BCUT2D eigenvalue weighted by molar-refractivity contribution is 5.95. The van der Waals surface area contributed by atoms with Crippen molar-refractivity contribution >= 4 is 17.0 Å². The number of ether oxygens (including phenoxy) is 1. The summed E-state index contributed by atoms with van der Waals surface area (Å²) in [5.41, 5.74) is 2.65. The van der Waals surface area contributed by atoms with Gasteiger partial charge in [-0.25, -0.2) is 9.67 Å².